The molecule has 4 rings (SSSR count). The Hall–Kier alpha value is -2.92. The maximum absolute atomic E-state index is 13.2. The van der Waals surface area contributed by atoms with Crippen LogP contribution in [0.4, 0.5) is 0 Å². The van der Waals surface area contributed by atoms with Gasteiger partial charge in [0.25, 0.3) is 5.91 Å². The Morgan fingerprint density at radius 3 is 2.30 bits per heavy atom. The molecule has 3 aromatic rings. The van der Waals surface area contributed by atoms with Crippen molar-refractivity contribution in [3.05, 3.63) is 83.7 Å². The average molecular weight is 403 g/mol. The van der Waals surface area contributed by atoms with E-state index in [4.69, 9.17) is 5.10 Å². The molecule has 1 amide bonds. The zero-order chi connectivity index (χ0) is 20.9. The molecule has 1 aromatic heterocycles. The lowest BCUT2D eigenvalue weighted by molar-refractivity contribution is 0.0927. The molecule has 1 atom stereocenters. The third-order valence-electron chi connectivity index (χ3n) is 5.85. The second-order valence-corrected chi connectivity index (χ2v) is 7.83. The van der Waals surface area contributed by atoms with Crippen LogP contribution in [-0.4, -0.2) is 40.2 Å². The first kappa shape index (κ1) is 20.4. The summed E-state index contributed by atoms with van der Waals surface area (Å²) in [5, 5.41) is 7.95. The van der Waals surface area contributed by atoms with Gasteiger partial charge in [0.1, 0.15) is 5.69 Å². The largest absolute Gasteiger partial charge is 0.349 e. The van der Waals surface area contributed by atoms with E-state index in [0.29, 0.717) is 18.2 Å². The highest BCUT2D eigenvalue weighted by Gasteiger charge is 2.29. The summed E-state index contributed by atoms with van der Waals surface area (Å²) in [6.07, 6.45) is 2.32. The molecule has 0 spiro atoms. The number of amides is 1. The van der Waals surface area contributed by atoms with Crippen molar-refractivity contribution in [2.24, 2.45) is 0 Å². The Kier molecular flexibility index (Phi) is 6.29. The topological polar surface area (TPSA) is 50.2 Å². The number of para-hydroxylation sites is 1. The SMILES string of the molecule is CCN(CC)C(CNC(=O)c1cc(C2CC2)nn1-c1ccccc1)c1ccccc1. The molecular weight excluding hydrogens is 372 g/mol. The number of hydrogen-bond donors (Lipinski definition) is 1. The molecule has 156 valence electrons. The van der Waals surface area contributed by atoms with Crippen molar-refractivity contribution in [3.63, 3.8) is 0 Å². The van der Waals surface area contributed by atoms with Gasteiger partial charge in [-0.25, -0.2) is 4.68 Å². The van der Waals surface area contributed by atoms with Gasteiger partial charge in [0.2, 0.25) is 0 Å². The van der Waals surface area contributed by atoms with Gasteiger partial charge in [-0.05, 0) is 49.7 Å². The van der Waals surface area contributed by atoms with Crippen molar-refractivity contribution in [2.75, 3.05) is 19.6 Å². The number of aromatic nitrogens is 2. The highest BCUT2D eigenvalue weighted by Crippen LogP contribution is 2.39. The fourth-order valence-corrected chi connectivity index (χ4v) is 3.98. The Morgan fingerprint density at radius 1 is 1.07 bits per heavy atom. The van der Waals surface area contributed by atoms with Crippen LogP contribution in [0.2, 0.25) is 0 Å². The van der Waals surface area contributed by atoms with Crippen LogP contribution in [0.1, 0.15) is 60.4 Å². The molecule has 1 fully saturated rings. The molecule has 1 aliphatic carbocycles. The number of nitrogens with zero attached hydrogens (tertiary/aromatic N) is 3. The van der Waals surface area contributed by atoms with Gasteiger partial charge in [0.15, 0.2) is 0 Å². The van der Waals surface area contributed by atoms with E-state index in [9.17, 15) is 4.79 Å². The molecule has 1 heterocycles. The van der Waals surface area contributed by atoms with E-state index in [1.165, 1.54) is 5.56 Å². The minimum absolute atomic E-state index is 0.0775. The van der Waals surface area contributed by atoms with E-state index in [1.54, 1.807) is 4.68 Å². The van der Waals surface area contributed by atoms with Crippen molar-refractivity contribution in [1.82, 2.24) is 20.0 Å². The number of nitrogens with one attached hydrogen (secondary N) is 1. The van der Waals surface area contributed by atoms with E-state index in [2.05, 4.69) is 48.3 Å². The fourth-order valence-electron chi connectivity index (χ4n) is 3.98. The quantitative estimate of drug-likeness (QED) is 0.571. The Labute approximate surface area is 178 Å². The Morgan fingerprint density at radius 2 is 1.70 bits per heavy atom. The van der Waals surface area contributed by atoms with E-state index >= 15 is 0 Å². The number of rotatable bonds is 9. The molecule has 1 saturated carbocycles. The van der Waals surface area contributed by atoms with Crippen LogP contribution in [0.5, 0.6) is 0 Å². The molecule has 1 N–H and O–H groups in total. The number of hydrogen-bond acceptors (Lipinski definition) is 3. The van der Waals surface area contributed by atoms with Crippen LogP contribution < -0.4 is 5.32 Å². The third kappa shape index (κ3) is 4.46. The lowest BCUT2D eigenvalue weighted by Crippen LogP contribution is -2.38. The molecule has 5 heteroatoms. The molecule has 1 unspecified atom stereocenters. The van der Waals surface area contributed by atoms with Crippen molar-refractivity contribution in [1.29, 1.82) is 0 Å². The van der Waals surface area contributed by atoms with Gasteiger partial charge in [-0.3, -0.25) is 9.69 Å². The second-order valence-electron chi connectivity index (χ2n) is 7.83. The van der Waals surface area contributed by atoms with Gasteiger partial charge >= 0.3 is 0 Å². The van der Waals surface area contributed by atoms with Gasteiger partial charge < -0.3 is 5.32 Å². The lowest BCUT2D eigenvalue weighted by Gasteiger charge is -2.30. The van der Waals surface area contributed by atoms with Crippen molar-refractivity contribution in [3.8, 4) is 5.69 Å². The minimum Gasteiger partial charge on any atom is -0.349 e. The molecule has 0 bridgehead atoms. The Bertz CT molecular complexity index is 959. The summed E-state index contributed by atoms with van der Waals surface area (Å²) in [6, 6.07) is 22.4. The van der Waals surface area contributed by atoms with Crippen molar-refractivity contribution in [2.45, 2.75) is 38.6 Å². The van der Waals surface area contributed by atoms with Crippen molar-refractivity contribution >= 4 is 5.91 Å². The smallest absolute Gasteiger partial charge is 0.270 e. The minimum atomic E-state index is -0.0775. The van der Waals surface area contributed by atoms with E-state index in [0.717, 1.165) is 37.3 Å². The first-order chi connectivity index (χ1) is 14.7. The number of carbonyl (C=O) groups is 1. The molecule has 0 radical (unpaired) electrons. The molecule has 1 aliphatic rings. The molecule has 0 aliphatic heterocycles. The highest BCUT2D eigenvalue weighted by atomic mass is 16.2. The number of likely N-dealkylation sites (N-methyl/N-ethyl adjacent to an activating group) is 1. The molecule has 2 aromatic carbocycles. The molecule has 0 saturated heterocycles. The summed E-state index contributed by atoms with van der Waals surface area (Å²) in [4.78, 5) is 15.6. The summed E-state index contributed by atoms with van der Waals surface area (Å²) in [5.41, 5.74) is 3.76. The summed E-state index contributed by atoms with van der Waals surface area (Å²) >= 11 is 0. The van der Waals surface area contributed by atoms with Gasteiger partial charge in [0.05, 0.1) is 17.4 Å². The first-order valence-electron chi connectivity index (χ1n) is 10.9. The highest BCUT2D eigenvalue weighted by molar-refractivity contribution is 5.93. The summed E-state index contributed by atoms with van der Waals surface area (Å²) in [6.45, 7) is 6.74. The van der Waals surface area contributed by atoms with Crippen LogP contribution in [0.3, 0.4) is 0 Å². The van der Waals surface area contributed by atoms with Gasteiger partial charge in [-0.15, -0.1) is 0 Å². The second kappa shape index (κ2) is 9.26. The van der Waals surface area contributed by atoms with Crippen LogP contribution in [0, 0.1) is 0 Å². The first-order valence-corrected chi connectivity index (χ1v) is 10.9. The van der Waals surface area contributed by atoms with Crippen LogP contribution >= 0.6 is 0 Å². The molecule has 5 nitrogen and oxygen atoms in total. The zero-order valence-corrected chi connectivity index (χ0v) is 17.8. The van der Waals surface area contributed by atoms with Crippen LogP contribution in [-0.2, 0) is 0 Å². The standard InChI is InChI=1S/C25H30N4O/c1-3-28(4-2)24(20-11-7-5-8-12-20)18-26-25(30)23-17-22(19-15-16-19)27-29(23)21-13-9-6-10-14-21/h5-14,17,19,24H,3-4,15-16,18H2,1-2H3,(H,26,30). The summed E-state index contributed by atoms with van der Waals surface area (Å²) in [5.74, 6) is 0.417. The summed E-state index contributed by atoms with van der Waals surface area (Å²) < 4.78 is 1.79. The predicted molar refractivity (Wildman–Crippen MR) is 120 cm³/mol. The lowest BCUT2D eigenvalue weighted by atomic mass is 10.0. The van der Waals surface area contributed by atoms with E-state index in [1.807, 2.05) is 42.5 Å². The van der Waals surface area contributed by atoms with Crippen LogP contribution in [0.25, 0.3) is 5.69 Å². The predicted octanol–water partition coefficient (Wildman–Crippen LogP) is 4.56. The van der Waals surface area contributed by atoms with Crippen LogP contribution in [0.15, 0.2) is 66.7 Å². The normalized spacial score (nSPS) is 14.6. The maximum atomic E-state index is 13.2. The fraction of sp³-hybridized carbons (Fsp3) is 0.360. The number of benzene rings is 2. The number of carbonyl (C=O) groups excluding carboxylic acids is 1. The van der Waals surface area contributed by atoms with Gasteiger partial charge in [-0.1, -0.05) is 62.4 Å². The average Bonchev–Trinajstić information content (AvgIpc) is 3.55. The van der Waals surface area contributed by atoms with E-state index < -0.39 is 0 Å². The Balaban J connectivity index is 1.57. The third-order valence-corrected chi connectivity index (χ3v) is 5.85. The van der Waals surface area contributed by atoms with E-state index in [-0.39, 0.29) is 11.9 Å². The van der Waals surface area contributed by atoms with Gasteiger partial charge in [-0.2, -0.15) is 5.10 Å². The summed E-state index contributed by atoms with van der Waals surface area (Å²) in [7, 11) is 0. The molecular formula is C25H30N4O. The van der Waals surface area contributed by atoms with Crippen molar-refractivity contribution < 1.29 is 4.79 Å². The maximum Gasteiger partial charge on any atom is 0.270 e. The zero-order valence-electron chi connectivity index (χ0n) is 17.8. The monoisotopic (exact) mass is 402 g/mol. The van der Waals surface area contributed by atoms with Gasteiger partial charge in [0, 0.05) is 12.5 Å². The molecule has 30 heavy (non-hydrogen) atoms.